The molecule has 3 N–H and O–H groups in total. The van der Waals surface area contributed by atoms with Crippen molar-refractivity contribution in [2.24, 2.45) is 5.92 Å². The number of pyridine rings is 1. The maximum Gasteiger partial charge on any atom is 0.306 e. The number of rotatable bonds is 2. The summed E-state index contributed by atoms with van der Waals surface area (Å²) in [5.74, 6) is -0.980. The zero-order chi connectivity index (χ0) is 18.5. The van der Waals surface area contributed by atoms with Crippen LogP contribution in [0, 0.1) is 5.92 Å². The van der Waals surface area contributed by atoms with Crippen LogP contribution in [-0.4, -0.2) is 31.4 Å². The van der Waals surface area contributed by atoms with Crippen molar-refractivity contribution in [2.45, 2.75) is 19.3 Å². The van der Waals surface area contributed by atoms with E-state index in [0.717, 1.165) is 44.2 Å². The number of aromatic amines is 1. The number of benzene rings is 2. The molecule has 0 bridgehead atoms. The van der Waals surface area contributed by atoms with Crippen LogP contribution in [-0.2, 0) is 17.6 Å². The van der Waals surface area contributed by atoms with Crippen molar-refractivity contribution in [1.29, 1.82) is 0 Å². The van der Waals surface area contributed by atoms with Crippen LogP contribution < -0.4 is 0 Å². The van der Waals surface area contributed by atoms with E-state index in [1.54, 1.807) is 12.1 Å². The van der Waals surface area contributed by atoms with E-state index in [4.69, 9.17) is 4.98 Å². The number of nitrogens with zero attached hydrogens (tertiary/aromatic N) is 2. The van der Waals surface area contributed by atoms with Gasteiger partial charge in [-0.3, -0.25) is 9.89 Å². The van der Waals surface area contributed by atoms with Crippen LogP contribution in [0.5, 0.6) is 5.75 Å². The van der Waals surface area contributed by atoms with Crippen LogP contribution in [0.4, 0.5) is 0 Å². The fraction of sp³-hybridized carbons (Fsp3) is 0.190. The van der Waals surface area contributed by atoms with Crippen molar-refractivity contribution in [3.63, 3.8) is 0 Å². The molecule has 0 fully saturated rings. The molecular weight excluding hydrogens is 342 g/mol. The summed E-state index contributed by atoms with van der Waals surface area (Å²) in [6.45, 7) is 0. The van der Waals surface area contributed by atoms with Crippen molar-refractivity contribution in [3.8, 4) is 17.0 Å². The lowest BCUT2D eigenvalue weighted by Gasteiger charge is -2.25. The third-order valence-corrected chi connectivity index (χ3v) is 5.47. The Hall–Kier alpha value is -3.41. The molecule has 1 aliphatic rings. The number of fused-ring (bicyclic) bond motifs is 5. The smallest absolute Gasteiger partial charge is 0.306 e. The lowest BCUT2D eigenvalue weighted by atomic mass is 9.80. The SMILES string of the molecule is O=C(O)C1CCc2c(c(-c3ccc(O)cc3)nc3ccc4[nH]ncc4c23)C1. The van der Waals surface area contributed by atoms with Gasteiger partial charge in [0.15, 0.2) is 0 Å². The van der Waals surface area contributed by atoms with E-state index in [1.807, 2.05) is 30.5 Å². The molecule has 1 atom stereocenters. The van der Waals surface area contributed by atoms with Crippen LogP contribution in [0.2, 0.25) is 0 Å². The maximum atomic E-state index is 11.6. The van der Waals surface area contributed by atoms with Gasteiger partial charge in [-0.2, -0.15) is 5.10 Å². The first-order valence-electron chi connectivity index (χ1n) is 8.91. The first-order valence-corrected chi connectivity index (χ1v) is 8.91. The van der Waals surface area contributed by atoms with E-state index in [0.29, 0.717) is 19.3 Å². The largest absolute Gasteiger partial charge is 0.508 e. The first-order chi connectivity index (χ1) is 13.1. The van der Waals surface area contributed by atoms with E-state index in [9.17, 15) is 15.0 Å². The summed E-state index contributed by atoms with van der Waals surface area (Å²) in [4.78, 5) is 16.5. The number of aromatic nitrogens is 3. The predicted octanol–water partition coefficient (Wildman–Crippen LogP) is 3.67. The van der Waals surface area contributed by atoms with Gasteiger partial charge >= 0.3 is 5.97 Å². The van der Waals surface area contributed by atoms with Crippen molar-refractivity contribution >= 4 is 27.8 Å². The Kier molecular flexibility index (Phi) is 3.40. The summed E-state index contributed by atoms with van der Waals surface area (Å²) >= 11 is 0. The number of hydrogen-bond acceptors (Lipinski definition) is 4. The van der Waals surface area contributed by atoms with E-state index >= 15 is 0 Å². The monoisotopic (exact) mass is 359 g/mol. The standard InChI is InChI=1S/C21H17N3O3/c25-13-4-1-11(2-5-13)20-15-9-12(21(26)27)3-6-14(15)19-16-10-22-24-17(16)7-8-18(19)23-20/h1-2,4-5,7-8,10,12,25H,3,6,9H2,(H,22,24)(H,26,27). The topological polar surface area (TPSA) is 99.1 Å². The van der Waals surface area contributed by atoms with Gasteiger partial charge in [0, 0.05) is 16.3 Å². The minimum atomic E-state index is -0.765. The summed E-state index contributed by atoms with van der Waals surface area (Å²) in [5, 5.41) is 28.4. The average molecular weight is 359 g/mol. The second-order valence-electron chi connectivity index (χ2n) is 7.03. The molecule has 0 amide bonds. The fourth-order valence-corrected chi connectivity index (χ4v) is 4.13. The molecule has 6 heteroatoms. The van der Waals surface area contributed by atoms with Crippen molar-refractivity contribution in [3.05, 3.63) is 53.7 Å². The van der Waals surface area contributed by atoms with E-state index in [-0.39, 0.29) is 5.75 Å². The van der Waals surface area contributed by atoms with Gasteiger partial charge in [-0.05, 0) is 66.8 Å². The number of aryl methyl sites for hydroxylation is 1. The molecule has 27 heavy (non-hydrogen) atoms. The van der Waals surface area contributed by atoms with Crippen LogP contribution in [0.15, 0.2) is 42.6 Å². The Bertz CT molecular complexity index is 1190. The molecular formula is C21H17N3O3. The molecule has 2 aromatic heterocycles. The minimum absolute atomic E-state index is 0.192. The van der Waals surface area contributed by atoms with E-state index in [2.05, 4.69) is 10.2 Å². The molecule has 2 heterocycles. The maximum absolute atomic E-state index is 11.6. The predicted molar refractivity (Wildman–Crippen MR) is 102 cm³/mol. The third-order valence-electron chi connectivity index (χ3n) is 5.47. The molecule has 2 aromatic carbocycles. The van der Waals surface area contributed by atoms with Gasteiger partial charge in [-0.15, -0.1) is 0 Å². The molecule has 0 saturated carbocycles. The van der Waals surface area contributed by atoms with Crippen molar-refractivity contribution in [1.82, 2.24) is 15.2 Å². The number of aliphatic carboxylic acids is 1. The number of H-pyrrole nitrogens is 1. The summed E-state index contributed by atoms with van der Waals surface area (Å²) in [6, 6.07) is 10.8. The number of carboxylic acids is 1. The highest BCUT2D eigenvalue weighted by molar-refractivity contribution is 6.07. The number of phenolic OH excluding ortho intramolecular Hbond substituents is 1. The van der Waals surface area contributed by atoms with Crippen LogP contribution in [0.3, 0.4) is 0 Å². The highest BCUT2D eigenvalue weighted by atomic mass is 16.4. The van der Waals surface area contributed by atoms with E-state index < -0.39 is 11.9 Å². The quantitative estimate of drug-likeness (QED) is 0.507. The molecule has 134 valence electrons. The second kappa shape index (κ2) is 5.81. The Labute approximate surface area is 154 Å². The third kappa shape index (κ3) is 2.44. The Morgan fingerprint density at radius 1 is 1.11 bits per heavy atom. The van der Waals surface area contributed by atoms with E-state index in [1.165, 1.54) is 0 Å². The van der Waals surface area contributed by atoms with Gasteiger partial charge in [0.1, 0.15) is 5.75 Å². The molecule has 1 aliphatic carbocycles. The molecule has 6 nitrogen and oxygen atoms in total. The number of carboxylic acid groups (broad SMARTS) is 1. The molecule has 5 rings (SSSR count). The molecule has 1 unspecified atom stereocenters. The number of phenols is 1. The van der Waals surface area contributed by atoms with Gasteiger partial charge in [0.25, 0.3) is 0 Å². The molecule has 0 radical (unpaired) electrons. The number of aromatic hydroxyl groups is 1. The summed E-state index contributed by atoms with van der Waals surface area (Å²) in [7, 11) is 0. The fourth-order valence-electron chi connectivity index (χ4n) is 4.13. The Balaban J connectivity index is 1.84. The lowest BCUT2D eigenvalue weighted by molar-refractivity contribution is -0.142. The molecule has 0 aliphatic heterocycles. The Morgan fingerprint density at radius 2 is 1.93 bits per heavy atom. The molecule has 0 saturated heterocycles. The number of hydrogen-bond donors (Lipinski definition) is 3. The minimum Gasteiger partial charge on any atom is -0.508 e. The zero-order valence-electron chi connectivity index (χ0n) is 14.4. The van der Waals surface area contributed by atoms with Gasteiger partial charge in [-0.1, -0.05) is 0 Å². The van der Waals surface area contributed by atoms with Gasteiger partial charge in [0.05, 0.1) is 28.8 Å². The summed E-state index contributed by atoms with van der Waals surface area (Å²) in [6.07, 6.45) is 3.58. The van der Waals surface area contributed by atoms with Crippen molar-refractivity contribution < 1.29 is 15.0 Å². The summed E-state index contributed by atoms with van der Waals surface area (Å²) in [5.41, 5.74) is 5.65. The van der Waals surface area contributed by atoms with Gasteiger partial charge in [0.2, 0.25) is 0 Å². The van der Waals surface area contributed by atoms with Crippen molar-refractivity contribution in [2.75, 3.05) is 0 Å². The first kappa shape index (κ1) is 15.8. The summed E-state index contributed by atoms with van der Waals surface area (Å²) < 4.78 is 0. The number of nitrogens with one attached hydrogen (secondary N) is 1. The number of carbonyl (C=O) groups is 1. The zero-order valence-corrected chi connectivity index (χ0v) is 14.4. The van der Waals surface area contributed by atoms with Gasteiger partial charge in [-0.25, -0.2) is 4.98 Å². The normalized spacial score (nSPS) is 16.5. The highest BCUT2D eigenvalue weighted by Crippen LogP contribution is 2.39. The average Bonchev–Trinajstić information content (AvgIpc) is 3.16. The van der Waals surface area contributed by atoms with Crippen LogP contribution in [0.25, 0.3) is 33.1 Å². The van der Waals surface area contributed by atoms with Crippen LogP contribution >= 0.6 is 0 Å². The Morgan fingerprint density at radius 3 is 2.70 bits per heavy atom. The molecule has 4 aromatic rings. The molecule has 0 spiro atoms. The lowest BCUT2D eigenvalue weighted by Crippen LogP contribution is -2.23. The van der Waals surface area contributed by atoms with Gasteiger partial charge < -0.3 is 10.2 Å². The van der Waals surface area contributed by atoms with Crippen LogP contribution in [0.1, 0.15) is 17.5 Å². The second-order valence-corrected chi connectivity index (χ2v) is 7.03. The highest BCUT2D eigenvalue weighted by Gasteiger charge is 2.29.